The summed E-state index contributed by atoms with van der Waals surface area (Å²) in [5.74, 6) is 1.28. The zero-order chi connectivity index (χ0) is 17.5. The van der Waals surface area contributed by atoms with Gasteiger partial charge in [0.05, 0.1) is 11.1 Å². The average molecular weight is 390 g/mol. The van der Waals surface area contributed by atoms with Gasteiger partial charge in [0.2, 0.25) is 0 Å². The minimum atomic E-state index is -0.0926. The lowest BCUT2D eigenvalue weighted by Crippen LogP contribution is -2.22. The van der Waals surface area contributed by atoms with E-state index in [9.17, 15) is 4.79 Å². The summed E-state index contributed by atoms with van der Waals surface area (Å²) in [6.07, 6.45) is 1.01. The summed E-state index contributed by atoms with van der Waals surface area (Å²) >= 11 is 3.48. The van der Waals surface area contributed by atoms with E-state index in [0.29, 0.717) is 24.6 Å². The number of halogens is 1. The van der Waals surface area contributed by atoms with E-state index >= 15 is 0 Å². The lowest BCUT2D eigenvalue weighted by atomic mass is 10.1. The Morgan fingerprint density at radius 2 is 1.88 bits per heavy atom. The van der Waals surface area contributed by atoms with Crippen LogP contribution in [0.2, 0.25) is 0 Å². The number of amides is 1. The number of ether oxygens (including phenoxy) is 1. The maximum Gasteiger partial charge on any atom is 0.251 e. The molecule has 0 saturated carbocycles. The van der Waals surface area contributed by atoms with Crippen molar-refractivity contribution >= 4 is 21.8 Å². The van der Waals surface area contributed by atoms with Crippen molar-refractivity contribution in [1.29, 1.82) is 0 Å². The average Bonchev–Trinajstić information content (AvgIpc) is 2.55. The fourth-order valence-corrected chi connectivity index (χ4v) is 2.65. The maximum absolute atomic E-state index is 12.3. The molecule has 0 saturated heterocycles. The quantitative estimate of drug-likeness (QED) is 0.713. The van der Waals surface area contributed by atoms with Crippen LogP contribution in [-0.4, -0.2) is 12.5 Å². The first-order valence-electron chi connectivity index (χ1n) is 8.22. The zero-order valence-corrected chi connectivity index (χ0v) is 16.0. The number of carbonyl (C=O) groups excluding carboxylic acids is 1. The number of hydrogen-bond donors (Lipinski definition) is 1. The van der Waals surface area contributed by atoms with Crippen molar-refractivity contribution in [3.8, 4) is 5.75 Å². The highest BCUT2D eigenvalue weighted by molar-refractivity contribution is 9.10. The summed E-state index contributed by atoms with van der Waals surface area (Å²) in [4.78, 5) is 12.3. The third-order valence-corrected chi connectivity index (χ3v) is 4.34. The van der Waals surface area contributed by atoms with Gasteiger partial charge in [-0.15, -0.1) is 0 Å². The van der Waals surface area contributed by atoms with E-state index in [1.165, 1.54) is 5.56 Å². The standard InChI is InChI=1S/C20H24BrNO2/c1-14(2)10-11-24-19-9-8-17(12-18(19)21)20(23)22-13-16-6-4-15(3)5-7-16/h4-9,12,14H,10-11,13H2,1-3H3,(H,22,23). The molecule has 4 heteroatoms. The van der Waals surface area contributed by atoms with Crippen LogP contribution >= 0.6 is 15.9 Å². The molecule has 0 atom stereocenters. The monoisotopic (exact) mass is 389 g/mol. The molecular formula is C20H24BrNO2. The fraction of sp³-hybridized carbons (Fsp3) is 0.350. The summed E-state index contributed by atoms with van der Waals surface area (Å²) in [5.41, 5.74) is 2.91. The molecule has 0 aliphatic heterocycles. The van der Waals surface area contributed by atoms with E-state index in [4.69, 9.17) is 4.74 Å². The fourth-order valence-electron chi connectivity index (χ4n) is 2.15. The molecule has 2 aromatic carbocycles. The number of carbonyl (C=O) groups is 1. The molecule has 0 unspecified atom stereocenters. The molecule has 0 heterocycles. The highest BCUT2D eigenvalue weighted by atomic mass is 79.9. The van der Waals surface area contributed by atoms with E-state index < -0.39 is 0 Å². The molecule has 24 heavy (non-hydrogen) atoms. The smallest absolute Gasteiger partial charge is 0.251 e. The topological polar surface area (TPSA) is 38.3 Å². The van der Waals surface area contributed by atoms with Crippen molar-refractivity contribution in [2.24, 2.45) is 5.92 Å². The highest BCUT2D eigenvalue weighted by Crippen LogP contribution is 2.26. The van der Waals surface area contributed by atoms with Crippen LogP contribution in [0, 0.1) is 12.8 Å². The van der Waals surface area contributed by atoms with Crippen LogP contribution in [0.15, 0.2) is 46.9 Å². The molecule has 3 nitrogen and oxygen atoms in total. The molecule has 0 aliphatic rings. The van der Waals surface area contributed by atoms with Crippen molar-refractivity contribution in [3.63, 3.8) is 0 Å². The lowest BCUT2D eigenvalue weighted by Gasteiger charge is -2.11. The van der Waals surface area contributed by atoms with Crippen molar-refractivity contribution in [1.82, 2.24) is 5.32 Å². The van der Waals surface area contributed by atoms with Gasteiger partial charge in [0.25, 0.3) is 5.91 Å². The summed E-state index contributed by atoms with van der Waals surface area (Å²) in [6.45, 7) is 7.57. The predicted octanol–water partition coefficient (Wildman–Crippen LogP) is 5.11. The lowest BCUT2D eigenvalue weighted by molar-refractivity contribution is 0.0951. The molecular weight excluding hydrogens is 366 g/mol. The molecule has 0 aliphatic carbocycles. The summed E-state index contributed by atoms with van der Waals surface area (Å²) in [5, 5.41) is 2.94. The Labute approximate surface area is 152 Å². The predicted molar refractivity (Wildman–Crippen MR) is 101 cm³/mol. The van der Waals surface area contributed by atoms with Gasteiger partial charge in [0.15, 0.2) is 0 Å². The van der Waals surface area contributed by atoms with Gasteiger partial charge in [-0.3, -0.25) is 4.79 Å². The Kier molecular flexibility index (Phi) is 6.85. The normalized spacial score (nSPS) is 10.7. The largest absolute Gasteiger partial charge is 0.492 e. The van der Waals surface area contributed by atoms with E-state index in [2.05, 4.69) is 35.1 Å². The number of benzene rings is 2. The van der Waals surface area contributed by atoms with Crippen LogP contribution in [0.25, 0.3) is 0 Å². The summed E-state index contributed by atoms with van der Waals surface area (Å²) in [7, 11) is 0. The minimum absolute atomic E-state index is 0.0926. The van der Waals surface area contributed by atoms with Gasteiger partial charge < -0.3 is 10.1 Å². The number of aryl methyl sites for hydroxylation is 1. The minimum Gasteiger partial charge on any atom is -0.492 e. The van der Waals surface area contributed by atoms with Crippen LogP contribution in [0.1, 0.15) is 41.8 Å². The van der Waals surface area contributed by atoms with Gasteiger partial charge in [0.1, 0.15) is 5.75 Å². The van der Waals surface area contributed by atoms with Crippen LogP contribution < -0.4 is 10.1 Å². The third kappa shape index (κ3) is 5.68. The van der Waals surface area contributed by atoms with Crippen LogP contribution in [-0.2, 0) is 6.54 Å². The second-order valence-corrected chi connectivity index (χ2v) is 7.20. The number of hydrogen-bond acceptors (Lipinski definition) is 2. The van der Waals surface area contributed by atoms with Crippen molar-refractivity contribution in [3.05, 3.63) is 63.6 Å². The zero-order valence-electron chi connectivity index (χ0n) is 14.4. The molecule has 0 aromatic heterocycles. The molecule has 2 rings (SSSR count). The molecule has 128 valence electrons. The number of nitrogens with one attached hydrogen (secondary N) is 1. The number of rotatable bonds is 7. The summed E-state index contributed by atoms with van der Waals surface area (Å²) in [6, 6.07) is 13.6. The Bertz CT molecular complexity index is 681. The molecule has 1 N–H and O–H groups in total. The van der Waals surface area contributed by atoms with E-state index in [1.54, 1.807) is 12.1 Å². The first-order valence-corrected chi connectivity index (χ1v) is 9.01. The Hall–Kier alpha value is -1.81. The van der Waals surface area contributed by atoms with Gasteiger partial charge >= 0.3 is 0 Å². The Balaban J connectivity index is 1.92. The van der Waals surface area contributed by atoms with E-state index in [-0.39, 0.29) is 5.91 Å². The first kappa shape index (κ1) is 18.5. The van der Waals surface area contributed by atoms with Gasteiger partial charge in [-0.25, -0.2) is 0 Å². The third-order valence-electron chi connectivity index (χ3n) is 3.72. The van der Waals surface area contributed by atoms with Crippen LogP contribution in [0.3, 0.4) is 0 Å². The van der Waals surface area contributed by atoms with E-state index in [0.717, 1.165) is 22.2 Å². The highest BCUT2D eigenvalue weighted by Gasteiger charge is 2.09. The van der Waals surface area contributed by atoms with Crippen molar-refractivity contribution in [2.75, 3.05) is 6.61 Å². The SMILES string of the molecule is Cc1ccc(CNC(=O)c2ccc(OCCC(C)C)c(Br)c2)cc1. The Morgan fingerprint density at radius 3 is 2.50 bits per heavy atom. The maximum atomic E-state index is 12.3. The van der Waals surface area contributed by atoms with E-state index in [1.807, 2.05) is 37.3 Å². The van der Waals surface area contributed by atoms with Crippen molar-refractivity contribution < 1.29 is 9.53 Å². The molecule has 2 aromatic rings. The summed E-state index contributed by atoms with van der Waals surface area (Å²) < 4.78 is 6.54. The second kappa shape index (κ2) is 8.88. The first-order chi connectivity index (χ1) is 11.5. The molecule has 0 radical (unpaired) electrons. The molecule has 0 fully saturated rings. The molecule has 0 bridgehead atoms. The van der Waals surface area contributed by atoms with Crippen LogP contribution in [0.5, 0.6) is 5.75 Å². The molecule has 1 amide bonds. The Morgan fingerprint density at radius 1 is 1.17 bits per heavy atom. The molecule has 0 spiro atoms. The van der Waals surface area contributed by atoms with Gasteiger partial charge in [0, 0.05) is 12.1 Å². The second-order valence-electron chi connectivity index (χ2n) is 6.34. The van der Waals surface area contributed by atoms with Crippen LogP contribution in [0.4, 0.5) is 0 Å². The van der Waals surface area contributed by atoms with Crippen molar-refractivity contribution in [2.45, 2.75) is 33.7 Å². The van der Waals surface area contributed by atoms with Gasteiger partial charge in [-0.05, 0) is 59.0 Å². The van der Waals surface area contributed by atoms with Gasteiger partial charge in [-0.2, -0.15) is 0 Å². The van der Waals surface area contributed by atoms with Gasteiger partial charge in [-0.1, -0.05) is 43.7 Å².